The monoisotopic (exact) mass is 262 g/mol. The summed E-state index contributed by atoms with van der Waals surface area (Å²) >= 11 is 0. The second-order valence-corrected chi connectivity index (χ2v) is 7.67. The second kappa shape index (κ2) is 6.16. The van der Waals surface area contributed by atoms with Crippen LogP contribution in [0.1, 0.15) is 40.0 Å². The van der Waals surface area contributed by atoms with Crippen LogP contribution in [0.15, 0.2) is 0 Å². The molecule has 0 aromatic heterocycles. The Morgan fingerprint density at radius 1 is 1.29 bits per heavy atom. The highest BCUT2D eigenvalue weighted by molar-refractivity contribution is 7.89. The van der Waals surface area contributed by atoms with Gasteiger partial charge in [-0.3, -0.25) is 0 Å². The van der Waals surface area contributed by atoms with Gasteiger partial charge in [-0.1, -0.05) is 20.8 Å². The summed E-state index contributed by atoms with van der Waals surface area (Å²) in [6, 6.07) is 0. The van der Waals surface area contributed by atoms with Crippen LogP contribution in [0.25, 0.3) is 0 Å². The number of hydrogen-bond donors (Lipinski definition) is 2. The lowest BCUT2D eigenvalue weighted by molar-refractivity contribution is 0.348. The topological polar surface area (TPSA) is 58.2 Å². The highest BCUT2D eigenvalue weighted by atomic mass is 32.2. The Morgan fingerprint density at radius 2 is 1.88 bits per heavy atom. The molecule has 0 radical (unpaired) electrons. The molecule has 0 aliphatic carbocycles. The molecule has 0 atom stereocenters. The predicted octanol–water partition coefficient (Wildman–Crippen LogP) is 1.34. The van der Waals surface area contributed by atoms with Crippen molar-refractivity contribution in [1.82, 2.24) is 10.0 Å². The van der Waals surface area contributed by atoms with Gasteiger partial charge in [0.05, 0.1) is 5.75 Å². The molecule has 1 fully saturated rings. The van der Waals surface area contributed by atoms with E-state index in [1.807, 2.05) is 0 Å². The summed E-state index contributed by atoms with van der Waals surface area (Å²) in [4.78, 5) is 0. The second-order valence-electron chi connectivity index (χ2n) is 5.81. The van der Waals surface area contributed by atoms with Gasteiger partial charge in [0.1, 0.15) is 0 Å². The maximum absolute atomic E-state index is 11.9. The first-order chi connectivity index (χ1) is 7.85. The zero-order valence-electron chi connectivity index (χ0n) is 11.3. The number of nitrogens with one attached hydrogen (secondary N) is 2. The fraction of sp³-hybridized carbons (Fsp3) is 1.00. The Labute approximate surface area is 106 Å². The highest BCUT2D eigenvalue weighted by Gasteiger charge is 2.23. The number of sulfonamides is 1. The molecule has 1 heterocycles. The van der Waals surface area contributed by atoms with Crippen molar-refractivity contribution in [3.8, 4) is 0 Å². The lowest BCUT2D eigenvalue weighted by Gasteiger charge is -2.25. The van der Waals surface area contributed by atoms with Crippen molar-refractivity contribution in [1.29, 1.82) is 0 Å². The van der Waals surface area contributed by atoms with E-state index in [9.17, 15) is 8.42 Å². The van der Waals surface area contributed by atoms with Crippen molar-refractivity contribution in [3.63, 3.8) is 0 Å². The summed E-state index contributed by atoms with van der Waals surface area (Å²) in [5, 5.41) is 3.25. The molecule has 17 heavy (non-hydrogen) atoms. The SMILES string of the molecule is CCC(C)(C)CNS(=O)(=O)CC1CCNCC1. The summed E-state index contributed by atoms with van der Waals surface area (Å²) < 4.78 is 26.6. The summed E-state index contributed by atoms with van der Waals surface area (Å²) in [6.07, 6.45) is 2.92. The highest BCUT2D eigenvalue weighted by Crippen LogP contribution is 2.19. The molecule has 0 unspecified atom stereocenters. The van der Waals surface area contributed by atoms with E-state index >= 15 is 0 Å². The molecule has 1 saturated heterocycles. The molecule has 5 heteroatoms. The fourth-order valence-corrected chi connectivity index (χ4v) is 3.53. The van der Waals surface area contributed by atoms with Crippen LogP contribution in [-0.4, -0.2) is 33.8 Å². The smallest absolute Gasteiger partial charge is 0.211 e. The quantitative estimate of drug-likeness (QED) is 0.759. The Morgan fingerprint density at radius 3 is 2.41 bits per heavy atom. The van der Waals surface area contributed by atoms with E-state index in [0.717, 1.165) is 32.4 Å². The number of rotatable bonds is 6. The predicted molar refractivity (Wildman–Crippen MR) is 71.5 cm³/mol. The van der Waals surface area contributed by atoms with Crippen LogP contribution in [0.5, 0.6) is 0 Å². The minimum Gasteiger partial charge on any atom is -0.317 e. The van der Waals surface area contributed by atoms with Gasteiger partial charge in [-0.2, -0.15) is 0 Å². The van der Waals surface area contributed by atoms with Gasteiger partial charge < -0.3 is 5.32 Å². The lowest BCUT2D eigenvalue weighted by Crippen LogP contribution is -2.39. The molecule has 0 bridgehead atoms. The van der Waals surface area contributed by atoms with Gasteiger partial charge in [0.2, 0.25) is 10.0 Å². The average molecular weight is 262 g/mol. The van der Waals surface area contributed by atoms with E-state index in [1.165, 1.54) is 0 Å². The largest absolute Gasteiger partial charge is 0.317 e. The Kier molecular flexibility index (Phi) is 5.41. The Hall–Kier alpha value is -0.130. The molecular formula is C12H26N2O2S. The zero-order valence-corrected chi connectivity index (χ0v) is 12.1. The summed E-state index contributed by atoms with van der Waals surface area (Å²) in [5.41, 5.74) is 0.0428. The zero-order chi connectivity index (χ0) is 12.9. The molecule has 1 aliphatic rings. The van der Waals surface area contributed by atoms with E-state index in [0.29, 0.717) is 12.5 Å². The molecule has 0 spiro atoms. The Balaban J connectivity index is 2.40. The number of hydrogen-bond acceptors (Lipinski definition) is 3. The maximum atomic E-state index is 11.9. The van der Waals surface area contributed by atoms with Crippen molar-refractivity contribution in [2.75, 3.05) is 25.4 Å². The van der Waals surface area contributed by atoms with E-state index in [2.05, 4.69) is 30.8 Å². The van der Waals surface area contributed by atoms with Crippen molar-refractivity contribution in [3.05, 3.63) is 0 Å². The van der Waals surface area contributed by atoms with Crippen molar-refractivity contribution >= 4 is 10.0 Å². The van der Waals surface area contributed by atoms with E-state index < -0.39 is 10.0 Å². The van der Waals surface area contributed by atoms with Crippen LogP contribution in [0.3, 0.4) is 0 Å². The minimum atomic E-state index is -3.10. The van der Waals surface area contributed by atoms with Gasteiger partial charge in [0.15, 0.2) is 0 Å². The van der Waals surface area contributed by atoms with Crippen molar-refractivity contribution < 1.29 is 8.42 Å². The third kappa shape index (κ3) is 5.84. The Bertz CT molecular complexity index is 319. The minimum absolute atomic E-state index is 0.0428. The summed E-state index contributed by atoms with van der Waals surface area (Å²) in [5.74, 6) is 0.604. The molecule has 1 rings (SSSR count). The van der Waals surface area contributed by atoms with Gasteiger partial charge in [-0.25, -0.2) is 13.1 Å². The van der Waals surface area contributed by atoms with Crippen LogP contribution in [0, 0.1) is 11.3 Å². The normalized spacial score (nSPS) is 19.5. The van der Waals surface area contributed by atoms with Crippen molar-refractivity contribution in [2.45, 2.75) is 40.0 Å². The molecular weight excluding hydrogens is 236 g/mol. The third-order valence-corrected chi connectivity index (χ3v) is 5.14. The molecule has 0 amide bonds. The van der Waals surface area contributed by atoms with Crippen LogP contribution < -0.4 is 10.0 Å². The fourth-order valence-electron chi connectivity index (χ4n) is 1.85. The summed E-state index contributed by atoms with van der Waals surface area (Å²) in [7, 11) is -3.10. The van der Waals surface area contributed by atoms with Crippen LogP contribution in [0.4, 0.5) is 0 Å². The summed E-state index contributed by atoms with van der Waals surface area (Å²) in [6.45, 7) is 8.68. The molecule has 4 nitrogen and oxygen atoms in total. The van der Waals surface area contributed by atoms with E-state index in [-0.39, 0.29) is 11.2 Å². The van der Waals surface area contributed by atoms with Crippen LogP contribution in [0.2, 0.25) is 0 Å². The average Bonchev–Trinajstić information content (AvgIpc) is 2.28. The van der Waals surface area contributed by atoms with Gasteiger partial charge >= 0.3 is 0 Å². The maximum Gasteiger partial charge on any atom is 0.211 e. The molecule has 0 aromatic rings. The van der Waals surface area contributed by atoms with Crippen LogP contribution in [-0.2, 0) is 10.0 Å². The third-order valence-electron chi connectivity index (χ3n) is 3.64. The van der Waals surface area contributed by atoms with Gasteiger partial charge in [-0.15, -0.1) is 0 Å². The molecule has 2 N–H and O–H groups in total. The standard InChI is InChI=1S/C12H26N2O2S/c1-4-12(2,3)10-14-17(15,16)9-11-5-7-13-8-6-11/h11,13-14H,4-10H2,1-3H3. The first kappa shape index (κ1) is 14.9. The molecule has 1 aliphatic heterocycles. The van der Waals surface area contributed by atoms with E-state index in [1.54, 1.807) is 0 Å². The van der Waals surface area contributed by atoms with Crippen molar-refractivity contribution in [2.24, 2.45) is 11.3 Å². The molecule has 0 aromatic carbocycles. The molecule has 0 saturated carbocycles. The van der Waals surface area contributed by atoms with Gasteiger partial charge in [0.25, 0.3) is 0 Å². The lowest BCUT2D eigenvalue weighted by atomic mass is 9.91. The van der Waals surface area contributed by atoms with Gasteiger partial charge in [-0.05, 0) is 43.7 Å². The van der Waals surface area contributed by atoms with Crippen LogP contribution >= 0.6 is 0 Å². The molecule has 102 valence electrons. The van der Waals surface area contributed by atoms with E-state index in [4.69, 9.17) is 0 Å². The van der Waals surface area contributed by atoms with Gasteiger partial charge in [0, 0.05) is 6.54 Å². The first-order valence-corrected chi connectivity index (χ1v) is 8.18. The first-order valence-electron chi connectivity index (χ1n) is 6.53. The number of piperidine rings is 1.